The van der Waals surface area contributed by atoms with Crippen molar-refractivity contribution in [2.75, 3.05) is 0 Å². The molecule has 0 saturated heterocycles. The van der Waals surface area contributed by atoms with E-state index < -0.39 is 0 Å². The highest BCUT2D eigenvalue weighted by molar-refractivity contribution is 5.77. The molecule has 1 aliphatic carbocycles. The molecule has 124 valence electrons. The molecule has 2 aromatic carbocycles. The van der Waals surface area contributed by atoms with E-state index in [1.807, 2.05) is 36.4 Å². The van der Waals surface area contributed by atoms with Crippen LogP contribution in [-0.4, -0.2) is 0 Å². The van der Waals surface area contributed by atoms with Crippen molar-refractivity contribution < 1.29 is 4.39 Å². The maximum absolute atomic E-state index is 15.0. The molecule has 0 nitrogen and oxygen atoms in total. The lowest BCUT2D eigenvalue weighted by Gasteiger charge is -2.33. The minimum absolute atomic E-state index is 0.00792. The van der Waals surface area contributed by atoms with E-state index in [1.54, 1.807) is 0 Å². The molecule has 0 radical (unpaired) electrons. The third-order valence-electron chi connectivity index (χ3n) is 5.12. The number of aryl methyl sites for hydroxylation is 1. The molecule has 0 saturated carbocycles. The molecule has 0 bridgehead atoms. The Morgan fingerprint density at radius 2 is 1.67 bits per heavy atom. The molecule has 0 amide bonds. The van der Waals surface area contributed by atoms with E-state index in [2.05, 4.69) is 44.2 Å². The van der Waals surface area contributed by atoms with Crippen LogP contribution in [0.2, 0.25) is 0 Å². The minimum atomic E-state index is -0.225. The van der Waals surface area contributed by atoms with E-state index in [-0.39, 0.29) is 11.2 Å². The molecule has 0 aromatic heterocycles. The number of hydrogen-bond donors (Lipinski definition) is 0. The highest BCUT2D eigenvalue weighted by Crippen LogP contribution is 2.42. The van der Waals surface area contributed by atoms with Crippen LogP contribution in [0.1, 0.15) is 49.8 Å². The fourth-order valence-corrected chi connectivity index (χ4v) is 3.57. The number of halogens is 1. The molecule has 0 N–H and O–H groups in total. The van der Waals surface area contributed by atoms with Crippen molar-refractivity contribution in [1.82, 2.24) is 0 Å². The first kappa shape index (κ1) is 16.7. The van der Waals surface area contributed by atoms with Crippen LogP contribution in [0, 0.1) is 0 Å². The van der Waals surface area contributed by atoms with Crippen molar-refractivity contribution in [3.63, 3.8) is 0 Å². The number of allylic oxidation sites excluding steroid dienone is 4. The zero-order valence-electron chi connectivity index (χ0n) is 14.6. The van der Waals surface area contributed by atoms with Crippen LogP contribution in [-0.2, 0) is 11.8 Å². The Morgan fingerprint density at radius 1 is 0.958 bits per heavy atom. The van der Waals surface area contributed by atoms with Gasteiger partial charge in [0.2, 0.25) is 0 Å². The molecule has 1 unspecified atom stereocenters. The number of benzene rings is 2. The molecule has 0 spiro atoms. The van der Waals surface area contributed by atoms with Gasteiger partial charge in [-0.3, -0.25) is 0 Å². The van der Waals surface area contributed by atoms with Gasteiger partial charge in [-0.25, -0.2) is 4.39 Å². The molecular formula is C23H25F. The molecule has 3 rings (SSSR count). The highest BCUT2D eigenvalue weighted by atomic mass is 19.1. The Balaban J connectivity index is 1.89. The maximum atomic E-state index is 15.0. The monoisotopic (exact) mass is 320 g/mol. The summed E-state index contributed by atoms with van der Waals surface area (Å²) < 4.78 is 15.0. The molecule has 1 atom stereocenters. The highest BCUT2D eigenvalue weighted by Gasteiger charge is 2.32. The first-order chi connectivity index (χ1) is 11.7. The summed E-state index contributed by atoms with van der Waals surface area (Å²) >= 11 is 0. The molecule has 0 fully saturated rings. The van der Waals surface area contributed by atoms with Crippen LogP contribution >= 0.6 is 0 Å². The molecule has 1 aliphatic rings. The fourth-order valence-electron chi connectivity index (χ4n) is 3.57. The van der Waals surface area contributed by atoms with Gasteiger partial charge >= 0.3 is 0 Å². The Kier molecular flexibility index (Phi) is 4.99. The van der Waals surface area contributed by atoms with Gasteiger partial charge in [0, 0.05) is 17.4 Å². The Hall–Kier alpha value is -2.15. The van der Waals surface area contributed by atoms with Gasteiger partial charge in [-0.15, -0.1) is 0 Å². The Morgan fingerprint density at radius 3 is 2.25 bits per heavy atom. The van der Waals surface area contributed by atoms with E-state index in [0.29, 0.717) is 6.42 Å². The van der Waals surface area contributed by atoms with Crippen molar-refractivity contribution in [3.8, 4) is 0 Å². The largest absolute Gasteiger partial charge is 0.211 e. The van der Waals surface area contributed by atoms with Crippen LogP contribution in [0.15, 0.2) is 72.6 Å². The average molecular weight is 320 g/mol. The van der Waals surface area contributed by atoms with Crippen molar-refractivity contribution in [2.45, 2.75) is 44.9 Å². The minimum Gasteiger partial charge on any atom is -0.211 e. The second kappa shape index (κ2) is 7.17. The van der Waals surface area contributed by atoms with Gasteiger partial charge in [0.25, 0.3) is 0 Å². The van der Waals surface area contributed by atoms with E-state index in [0.717, 1.165) is 30.4 Å². The van der Waals surface area contributed by atoms with Crippen LogP contribution in [0.4, 0.5) is 4.39 Å². The van der Waals surface area contributed by atoms with Gasteiger partial charge < -0.3 is 0 Å². The number of rotatable bonds is 5. The van der Waals surface area contributed by atoms with Crippen molar-refractivity contribution >= 4 is 5.57 Å². The standard InChI is InChI=1S/C23H25F/c1-3-8-18-11-13-19(14-12-18)21-15-16-23(4-2,17-22(21)24)20-9-6-5-7-10-20/h5-7,9-16H,3-4,8,17H2,1-2H3. The first-order valence-electron chi connectivity index (χ1n) is 8.91. The summed E-state index contributed by atoms with van der Waals surface area (Å²) in [5, 5.41) is 0. The predicted octanol–water partition coefficient (Wildman–Crippen LogP) is 6.63. The van der Waals surface area contributed by atoms with Crippen molar-refractivity contribution in [3.05, 3.63) is 89.3 Å². The predicted molar refractivity (Wildman–Crippen MR) is 101 cm³/mol. The van der Waals surface area contributed by atoms with E-state index in [4.69, 9.17) is 0 Å². The molecular weight excluding hydrogens is 295 g/mol. The second-order valence-electron chi connectivity index (χ2n) is 6.65. The maximum Gasteiger partial charge on any atom is 0.109 e. The molecule has 1 heteroatoms. The summed E-state index contributed by atoms with van der Waals surface area (Å²) in [7, 11) is 0. The summed E-state index contributed by atoms with van der Waals surface area (Å²) in [6.07, 6.45) is 7.71. The van der Waals surface area contributed by atoms with Gasteiger partial charge in [0.05, 0.1) is 0 Å². The summed E-state index contributed by atoms with van der Waals surface area (Å²) in [5.41, 5.74) is 3.99. The lowest BCUT2D eigenvalue weighted by atomic mass is 9.71. The van der Waals surface area contributed by atoms with Gasteiger partial charge in [0.1, 0.15) is 5.83 Å². The van der Waals surface area contributed by atoms with E-state index in [9.17, 15) is 4.39 Å². The third kappa shape index (κ3) is 3.21. The third-order valence-corrected chi connectivity index (χ3v) is 5.12. The van der Waals surface area contributed by atoms with Gasteiger partial charge in [-0.2, -0.15) is 0 Å². The fraction of sp³-hybridized carbons (Fsp3) is 0.304. The van der Waals surface area contributed by atoms with Gasteiger partial charge in [0.15, 0.2) is 0 Å². The van der Waals surface area contributed by atoms with Crippen LogP contribution in [0.25, 0.3) is 5.57 Å². The summed E-state index contributed by atoms with van der Waals surface area (Å²) in [6, 6.07) is 18.6. The second-order valence-corrected chi connectivity index (χ2v) is 6.65. The van der Waals surface area contributed by atoms with Gasteiger partial charge in [-0.05, 0) is 29.5 Å². The van der Waals surface area contributed by atoms with E-state index in [1.165, 1.54) is 11.1 Å². The summed E-state index contributed by atoms with van der Waals surface area (Å²) in [5.74, 6) is -0.00792. The first-order valence-corrected chi connectivity index (χ1v) is 8.91. The van der Waals surface area contributed by atoms with Crippen molar-refractivity contribution in [2.24, 2.45) is 0 Å². The van der Waals surface area contributed by atoms with Crippen LogP contribution in [0.3, 0.4) is 0 Å². The lowest BCUT2D eigenvalue weighted by molar-refractivity contribution is 0.444. The Bertz CT molecular complexity index is 737. The molecule has 24 heavy (non-hydrogen) atoms. The van der Waals surface area contributed by atoms with E-state index >= 15 is 0 Å². The number of hydrogen-bond acceptors (Lipinski definition) is 0. The topological polar surface area (TPSA) is 0 Å². The van der Waals surface area contributed by atoms with Gasteiger partial charge in [-0.1, -0.05) is 87.0 Å². The van der Waals surface area contributed by atoms with Crippen molar-refractivity contribution in [1.29, 1.82) is 0 Å². The zero-order valence-corrected chi connectivity index (χ0v) is 14.6. The lowest BCUT2D eigenvalue weighted by Crippen LogP contribution is -2.25. The summed E-state index contributed by atoms with van der Waals surface area (Å²) in [6.45, 7) is 4.31. The summed E-state index contributed by atoms with van der Waals surface area (Å²) in [4.78, 5) is 0. The Labute approximate surface area is 144 Å². The quantitative estimate of drug-likeness (QED) is 0.580. The SMILES string of the molecule is CCCc1ccc(C2=C(F)CC(CC)(c3ccccc3)C=C2)cc1. The smallest absolute Gasteiger partial charge is 0.109 e. The molecule has 2 aromatic rings. The van der Waals surface area contributed by atoms with Crippen LogP contribution in [0.5, 0.6) is 0 Å². The molecule has 0 aliphatic heterocycles. The average Bonchev–Trinajstić information content (AvgIpc) is 2.63. The zero-order chi connectivity index (χ0) is 17.0. The van der Waals surface area contributed by atoms with Crippen LogP contribution < -0.4 is 0 Å². The normalized spacial score (nSPS) is 20.5. The molecule has 0 heterocycles.